The van der Waals surface area contributed by atoms with Crippen LogP contribution in [0.5, 0.6) is 0 Å². The molecule has 0 amide bonds. The van der Waals surface area contributed by atoms with Gasteiger partial charge in [0.25, 0.3) is 0 Å². The molecule has 2 rings (SSSR count). The largest absolute Gasteiger partial charge is 0.462 e. The average molecular weight is 276 g/mol. The van der Waals surface area contributed by atoms with Crippen LogP contribution in [-0.4, -0.2) is 17.9 Å². The third kappa shape index (κ3) is 2.72. The van der Waals surface area contributed by atoms with Crippen LogP contribution in [-0.2, 0) is 14.3 Å². The van der Waals surface area contributed by atoms with E-state index in [0.29, 0.717) is 6.42 Å². The van der Waals surface area contributed by atoms with Crippen LogP contribution in [0.25, 0.3) is 0 Å². The Morgan fingerprint density at radius 3 is 2.45 bits per heavy atom. The zero-order valence-electron chi connectivity index (χ0n) is 13.0. The number of hydrogen-bond acceptors (Lipinski definition) is 3. The van der Waals surface area contributed by atoms with Gasteiger partial charge in [-0.05, 0) is 26.7 Å². The molecule has 0 aliphatic heterocycles. The fraction of sp³-hybridized carbons (Fsp3) is 0.647. The van der Waals surface area contributed by atoms with Gasteiger partial charge >= 0.3 is 5.97 Å². The fourth-order valence-electron chi connectivity index (χ4n) is 3.84. The number of ketones is 1. The van der Waals surface area contributed by atoms with E-state index in [1.54, 1.807) is 0 Å². The molecule has 2 aliphatic rings. The minimum Gasteiger partial charge on any atom is -0.462 e. The molecule has 0 aromatic rings. The second kappa shape index (κ2) is 5.55. The van der Waals surface area contributed by atoms with E-state index in [1.165, 1.54) is 12.5 Å². The van der Waals surface area contributed by atoms with Crippen molar-refractivity contribution in [2.45, 2.75) is 53.6 Å². The van der Waals surface area contributed by atoms with Gasteiger partial charge in [-0.3, -0.25) is 9.59 Å². The van der Waals surface area contributed by atoms with Crippen molar-refractivity contribution in [1.82, 2.24) is 0 Å². The summed E-state index contributed by atoms with van der Waals surface area (Å²) in [5.74, 6) is 0.612. The summed E-state index contributed by atoms with van der Waals surface area (Å²) in [6.07, 6.45) is 3.46. The number of rotatable bonds is 1. The molecule has 0 heterocycles. The van der Waals surface area contributed by atoms with Crippen molar-refractivity contribution >= 4 is 11.8 Å². The lowest BCUT2D eigenvalue weighted by molar-refractivity contribution is -0.152. The Morgan fingerprint density at radius 2 is 1.90 bits per heavy atom. The topological polar surface area (TPSA) is 43.4 Å². The smallest absolute Gasteiger partial charge is 0.302 e. The van der Waals surface area contributed by atoms with Crippen molar-refractivity contribution in [1.29, 1.82) is 0 Å². The lowest BCUT2D eigenvalue weighted by Gasteiger charge is -2.44. The Bertz CT molecular complexity index is 494. The van der Waals surface area contributed by atoms with Crippen molar-refractivity contribution in [2.75, 3.05) is 0 Å². The summed E-state index contributed by atoms with van der Waals surface area (Å²) in [7, 11) is 0. The number of hydrogen-bond donors (Lipinski definition) is 0. The van der Waals surface area contributed by atoms with Gasteiger partial charge in [-0.2, -0.15) is 0 Å². The monoisotopic (exact) mass is 276 g/mol. The first kappa shape index (κ1) is 15.0. The molecule has 4 atom stereocenters. The predicted molar refractivity (Wildman–Crippen MR) is 78.1 cm³/mol. The number of ether oxygens (including phenoxy) is 1. The molecule has 0 N–H and O–H groups in total. The Hall–Kier alpha value is -1.38. The third-order valence-corrected chi connectivity index (χ3v) is 4.49. The van der Waals surface area contributed by atoms with Gasteiger partial charge in [0.15, 0.2) is 5.78 Å². The minimum absolute atomic E-state index is 0.0973. The van der Waals surface area contributed by atoms with Crippen LogP contribution >= 0.6 is 0 Å². The molecule has 0 aromatic heterocycles. The summed E-state index contributed by atoms with van der Waals surface area (Å²) in [4.78, 5) is 23.7. The van der Waals surface area contributed by atoms with E-state index in [2.05, 4.69) is 19.9 Å². The Labute approximate surface area is 121 Å². The molecule has 3 nitrogen and oxygen atoms in total. The zero-order valence-corrected chi connectivity index (χ0v) is 13.0. The molecular weight excluding hydrogens is 252 g/mol. The molecule has 3 heteroatoms. The molecular formula is C17H24O3. The van der Waals surface area contributed by atoms with Crippen LogP contribution in [0.4, 0.5) is 0 Å². The van der Waals surface area contributed by atoms with Crippen molar-refractivity contribution in [2.24, 2.45) is 17.8 Å². The van der Waals surface area contributed by atoms with Crippen LogP contribution in [0, 0.1) is 17.8 Å². The molecule has 0 bridgehead atoms. The molecule has 0 spiro atoms. The molecule has 0 aromatic carbocycles. The lowest BCUT2D eigenvalue weighted by atomic mass is 9.62. The van der Waals surface area contributed by atoms with E-state index >= 15 is 0 Å². The Morgan fingerprint density at radius 1 is 1.25 bits per heavy atom. The highest BCUT2D eigenvalue weighted by Gasteiger charge is 2.45. The number of allylic oxidation sites excluding steroid dienone is 3. The summed E-state index contributed by atoms with van der Waals surface area (Å²) in [6, 6.07) is 0. The van der Waals surface area contributed by atoms with Crippen LogP contribution in [0.1, 0.15) is 47.5 Å². The molecule has 0 saturated heterocycles. The van der Waals surface area contributed by atoms with Gasteiger partial charge in [0.1, 0.15) is 6.10 Å². The van der Waals surface area contributed by atoms with Crippen LogP contribution < -0.4 is 0 Å². The molecule has 2 aliphatic carbocycles. The molecule has 0 radical (unpaired) electrons. The third-order valence-electron chi connectivity index (χ3n) is 4.49. The summed E-state index contributed by atoms with van der Waals surface area (Å²) < 4.78 is 5.55. The summed E-state index contributed by atoms with van der Waals surface area (Å²) in [5.41, 5.74) is 3.23. The maximum atomic E-state index is 12.3. The van der Waals surface area contributed by atoms with Crippen molar-refractivity contribution in [3.8, 4) is 0 Å². The van der Waals surface area contributed by atoms with Crippen molar-refractivity contribution < 1.29 is 14.3 Å². The quantitative estimate of drug-likeness (QED) is 0.418. The normalized spacial score (nSPS) is 33.4. The summed E-state index contributed by atoms with van der Waals surface area (Å²) >= 11 is 0. The summed E-state index contributed by atoms with van der Waals surface area (Å²) in [5, 5.41) is 0. The van der Waals surface area contributed by atoms with Gasteiger partial charge in [-0.1, -0.05) is 24.1 Å². The molecule has 1 saturated carbocycles. The first-order valence-electron chi connectivity index (χ1n) is 7.36. The second-order valence-electron chi connectivity index (χ2n) is 6.49. The maximum absolute atomic E-state index is 12.3. The first-order valence-corrected chi connectivity index (χ1v) is 7.36. The second-order valence-corrected chi connectivity index (χ2v) is 6.49. The zero-order chi connectivity index (χ0) is 15.0. The average Bonchev–Trinajstić information content (AvgIpc) is 2.25. The molecule has 20 heavy (non-hydrogen) atoms. The van der Waals surface area contributed by atoms with E-state index < -0.39 is 0 Å². The fourth-order valence-corrected chi connectivity index (χ4v) is 3.84. The highest BCUT2D eigenvalue weighted by atomic mass is 16.5. The number of esters is 1. The van der Waals surface area contributed by atoms with Crippen molar-refractivity contribution in [3.63, 3.8) is 0 Å². The molecule has 110 valence electrons. The minimum atomic E-state index is -0.230. The molecule has 1 fully saturated rings. The number of carbonyl (C=O) groups is 2. The van der Waals surface area contributed by atoms with E-state index in [4.69, 9.17) is 4.74 Å². The molecule has 4 unspecified atom stereocenters. The number of Topliss-reactive ketones (excluding diaryl/α,β-unsaturated/α-hetero) is 1. The van der Waals surface area contributed by atoms with Gasteiger partial charge in [-0.15, -0.1) is 0 Å². The standard InChI is InChI=1S/C17H24O3/c1-9(2)16-13-6-10(3)7-15(20-12(5)18)17(13)11(4)8-14(16)19/h6,11,13,15,17H,7-8H2,1-5H3. The number of carbonyl (C=O) groups excluding carboxylic acids is 2. The van der Waals surface area contributed by atoms with E-state index in [0.717, 1.165) is 17.6 Å². The number of fused-ring (bicyclic) bond motifs is 1. The van der Waals surface area contributed by atoms with Gasteiger partial charge in [-0.25, -0.2) is 0 Å². The Kier molecular flexibility index (Phi) is 4.17. The maximum Gasteiger partial charge on any atom is 0.302 e. The predicted octanol–water partition coefficient (Wildman–Crippen LogP) is 3.45. The summed E-state index contributed by atoms with van der Waals surface area (Å²) in [6.45, 7) is 9.61. The van der Waals surface area contributed by atoms with Crippen LogP contribution in [0.15, 0.2) is 22.8 Å². The van der Waals surface area contributed by atoms with Crippen LogP contribution in [0.3, 0.4) is 0 Å². The highest BCUT2D eigenvalue weighted by Crippen LogP contribution is 2.46. The van der Waals surface area contributed by atoms with E-state index in [1.807, 2.05) is 13.8 Å². The van der Waals surface area contributed by atoms with Gasteiger partial charge < -0.3 is 4.74 Å². The van der Waals surface area contributed by atoms with Gasteiger partial charge in [0, 0.05) is 37.2 Å². The highest BCUT2D eigenvalue weighted by molar-refractivity contribution is 5.98. The lowest BCUT2D eigenvalue weighted by Crippen LogP contribution is -2.44. The Balaban J connectivity index is 2.44. The first-order chi connectivity index (χ1) is 9.31. The van der Waals surface area contributed by atoms with Gasteiger partial charge in [0.2, 0.25) is 0 Å². The van der Waals surface area contributed by atoms with Crippen molar-refractivity contribution in [3.05, 3.63) is 22.8 Å². The van der Waals surface area contributed by atoms with E-state index in [-0.39, 0.29) is 35.6 Å². The van der Waals surface area contributed by atoms with Gasteiger partial charge in [0.05, 0.1) is 0 Å². The van der Waals surface area contributed by atoms with Crippen LogP contribution in [0.2, 0.25) is 0 Å². The SMILES string of the molecule is CC(=O)OC1CC(C)=CC2C(=C(C)C)C(=O)CC(C)C12. The van der Waals surface area contributed by atoms with E-state index in [9.17, 15) is 9.59 Å².